The fourth-order valence-corrected chi connectivity index (χ4v) is 8.23. The predicted octanol–water partition coefficient (Wildman–Crippen LogP) is 3.57. The summed E-state index contributed by atoms with van der Waals surface area (Å²) in [6, 6.07) is 2.84. The number of carbonyl (C=O) groups excluding carboxylic acids is 2. The number of aromatic nitrogens is 1. The summed E-state index contributed by atoms with van der Waals surface area (Å²) in [6.45, 7) is 4.68. The third-order valence-corrected chi connectivity index (χ3v) is 10.5. The third-order valence-electron chi connectivity index (χ3n) is 9.62. The van der Waals surface area contributed by atoms with Crippen molar-refractivity contribution in [2.45, 2.75) is 69.7 Å². The number of rotatable bonds is 4. The number of pyridine rings is 1. The first-order chi connectivity index (χ1) is 16.0. The van der Waals surface area contributed by atoms with Crippen molar-refractivity contribution in [2.75, 3.05) is 5.32 Å². The summed E-state index contributed by atoms with van der Waals surface area (Å²) in [7, 11) is -4.31. The van der Waals surface area contributed by atoms with Crippen LogP contribution in [0, 0.1) is 34.5 Å². The van der Waals surface area contributed by atoms with E-state index in [0.717, 1.165) is 44.7 Å². The first-order valence-electron chi connectivity index (χ1n) is 12.2. The van der Waals surface area contributed by atoms with Crippen LogP contribution in [0.5, 0.6) is 0 Å². The number of hydrogen-bond acceptors (Lipinski definition) is 5. The van der Waals surface area contributed by atoms with Crippen molar-refractivity contribution >= 4 is 27.8 Å². The summed E-state index contributed by atoms with van der Waals surface area (Å²) < 4.78 is 31.5. The fourth-order valence-electron chi connectivity index (χ4n) is 7.80. The molecule has 5 rings (SSSR count). The van der Waals surface area contributed by atoms with Crippen LogP contribution < -0.4 is 10.6 Å². The van der Waals surface area contributed by atoms with Gasteiger partial charge in [-0.3, -0.25) is 14.1 Å². The highest BCUT2D eigenvalue weighted by atomic mass is 32.2. The van der Waals surface area contributed by atoms with Gasteiger partial charge in [0.2, 0.25) is 11.8 Å². The molecule has 3 fully saturated rings. The molecule has 0 radical (unpaired) electrons. The lowest BCUT2D eigenvalue weighted by atomic mass is 9.48. The van der Waals surface area contributed by atoms with Crippen LogP contribution in [0.25, 0.3) is 0 Å². The minimum absolute atomic E-state index is 0.00744. The zero-order valence-corrected chi connectivity index (χ0v) is 20.5. The number of amides is 2. The second-order valence-corrected chi connectivity index (χ2v) is 12.6. The average molecular weight is 488 g/mol. The van der Waals surface area contributed by atoms with Gasteiger partial charge in [0.15, 0.2) is 0 Å². The third kappa shape index (κ3) is 3.86. The molecule has 4 aliphatic rings. The molecule has 1 aliphatic heterocycles. The van der Waals surface area contributed by atoms with Gasteiger partial charge in [0, 0.05) is 17.9 Å². The van der Waals surface area contributed by atoms with Gasteiger partial charge in [-0.05, 0) is 85.8 Å². The molecule has 9 heteroatoms. The van der Waals surface area contributed by atoms with Crippen LogP contribution in [0.15, 0.2) is 35.4 Å². The van der Waals surface area contributed by atoms with E-state index in [4.69, 9.17) is 4.55 Å². The Morgan fingerprint density at radius 3 is 2.68 bits per heavy atom. The van der Waals surface area contributed by atoms with Gasteiger partial charge in [0.25, 0.3) is 10.1 Å². The van der Waals surface area contributed by atoms with Crippen LogP contribution >= 0.6 is 0 Å². The maximum absolute atomic E-state index is 12.9. The first-order valence-corrected chi connectivity index (χ1v) is 13.7. The van der Waals surface area contributed by atoms with Crippen LogP contribution in [0.2, 0.25) is 0 Å². The maximum atomic E-state index is 12.9. The summed E-state index contributed by atoms with van der Waals surface area (Å²) in [5.74, 6) is 2.23. The molecule has 1 aromatic rings. The molecule has 0 spiro atoms. The summed E-state index contributed by atoms with van der Waals surface area (Å²) >= 11 is 0. The Hall–Kier alpha value is -2.26. The Kier molecular flexibility index (Phi) is 5.63. The number of fused-ring (bicyclic) bond motifs is 5. The first kappa shape index (κ1) is 23.5. The predicted molar refractivity (Wildman–Crippen MR) is 126 cm³/mol. The van der Waals surface area contributed by atoms with Gasteiger partial charge in [-0.15, -0.1) is 0 Å². The van der Waals surface area contributed by atoms with E-state index in [1.54, 1.807) is 6.08 Å². The van der Waals surface area contributed by atoms with E-state index in [0.29, 0.717) is 30.1 Å². The molecule has 2 heterocycles. The van der Waals surface area contributed by atoms with Gasteiger partial charge >= 0.3 is 0 Å². The molecule has 3 N–H and O–H groups in total. The number of anilines is 1. The van der Waals surface area contributed by atoms with Gasteiger partial charge in [0.05, 0.1) is 6.20 Å². The fraction of sp³-hybridized carbons (Fsp3) is 0.640. The summed E-state index contributed by atoms with van der Waals surface area (Å²) in [5, 5.41) is 5.99. The summed E-state index contributed by atoms with van der Waals surface area (Å²) in [4.78, 5) is 28.4. The monoisotopic (exact) mass is 487 g/mol. The lowest BCUT2D eigenvalue weighted by molar-refractivity contribution is -0.123. The summed E-state index contributed by atoms with van der Waals surface area (Å²) in [5.41, 5.74) is 0.124. The van der Waals surface area contributed by atoms with Crippen molar-refractivity contribution in [3.05, 3.63) is 30.5 Å². The normalized spacial score (nSPS) is 38.9. The molecule has 2 amide bonds. The average Bonchev–Trinajstić information content (AvgIpc) is 3.10. The molecule has 8 nitrogen and oxygen atoms in total. The number of carbonyl (C=O) groups is 2. The van der Waals surface area contributed by atoms with Gasteiger partial charge in [-0.25, -0.2) is 4.98 Å². The molecule has 184 valence electrons. The number of nitrogens with zero attached hydrogens (tertiary/aromatic N) is 1. The topological polar surface area (TPSA) is 125 Å². The lowest BCUT2D eigenvalue weighted by Crippen LogP contribution is -2.59. The standard InChI is InChI=1S/C25H33N3O5S/c1-24-11-9-19-17(5-7-20-25(19,2)12-10-22(29)27-20)18(24)6-3-15(24)13-23(30)28-21-8-4-16(14-26-21)34(31,32)33/h4,8,10,12,14-15,17-20H,3,5-7,9,11,13H2,1-2H3,(H,27,29)(H,26,28,30)(H,31,32,33)/t15-,17+,18+,19+,20?,24-,25-/m1/s1. The van der Waals surface area contributed by atoms with Crippen LogP contribution in [0.4, 0.5) is 5.82 Å². The van der Waals surface area contributed by atoms with Crippen molar-refractivity contribution in [1.29, 1.82) is 0 Å². The SMILES string of the molecule is C[C@]12CC[C@H]3[C@@H](CCC4NC(=O)C=C[C@@]43C)[C@@H]1CC[C@@H]2CC(=O)Nc1ccc(S(=O)(=O)O)cn1. The number of nitrogens with one attached hydrogen (secondary N) is 2. The molecule has 0 aromatic carbocycles. The van der Waals surface area contributed by atoms with Gasteiger partial charge in [0.1, 0.15) is 10.7 Å². The highest BCUT2D eigenvalue weighted by Gasteiger charge is 2.59. The molecule has 1 unspecified atom stereocenters. The molecule has 1 aromatic heterocycles. The van der Waals surface area contributed by atoms with Crippen LogP contribution in [-0.4, -0.2) is 35.8 Å². The Bertz CT molecular complexity index is 1130. The maximum Gasteiger partial charge on any atom is 0.296 e. The van der Waals surface area contributed by atoms with E-state index in [9.17, 15) is 18.0 Å². The Balaban J connectivity index is 1.27. The van der Waals surface area contributed by atoms with Gasteiger partial charge in [-0.1, -0.05) is 19.9 Å². The second kappa shape index (κ2) is 8.16. The van der Waals surface area contributed by atoms with E-state index >= 15 is 0 Å². The summed E-state index contributed by atoms with van der Waals surface area (Å²) in [6.07, 6.45) is 11.8. The minimum atomic E-state index is -4.31. The molecule has 3 aliphatic carbocycles. The highest BCUT2D eigenvalue weighted by molar-refractivity contribution is 7.85. The van der Waals surface area contributed by atoms with Gasteiger partial charge < -0.3 is 10.6 Å². The van der Waals surface area contributed by atoms with E-state index in [1.165, 1.54) is 12.1 Å². The molecule has 0 saturated heterocycles. The second-order valence-electron chi connectivity index (χ2n) is 11.1. The zero-order valence-electron chi connectivity index (χ0n) is 19.7. The molecular weight excluding hydrogens is 454 g/mol. The van der Waals surface area contributed by atoms with Crippen LogP contribution in [-0.2, 0) is 19.7 Å². The Morgan fingerprint density at radius 1 is 1.18 bits per heavy atom. The number of hydrogen-bond donors (Lipinski definition) is 3. The molecule has 7 atom stereocenters. The van der Waals surface area contributed by atoms with E-state index in [2.05, 4.69) is 35.5 Å². The van der Waals surface area contributed by atoms with Gasteiger partial charge in [-0.2, -0.15) is 8.42 Å². The van der Waals surface area contributed by atoms with Crippen LogP contribution in [0.3, 0.4) is 0 Å². The van der Waals surface area contributed by atoms with E-state index < -0.39 is 10.1 Å². The van der Waals surface area contributed by atoms with E-state index in [-0.39, 0.29) is 39.4 Å². The molecule has 0 bridgehead atoms. The van der Waals surface area contributed by atoms with Crippen molar-refractivity contribution in [1.82, 2.24) is 10.3 Å². The van der Waals surface area contributed by atoms with E-state index in [1.807, 2.05) is 0 Å². The highest BCUT2D eigenvalue weighted by Crippen LogP contribution is 2.65. The van der Waals surface area contributed by atoms with Crippen LogP contribution in [0.1, 0.15) is 58.8 Å². The van der Waals surface area contributed by atoms with Crippen molar-refractivity contribution in [2.24, 2.45) is 34.5 Å². The largest absolute Gasteiger partial charge is 0.349 e. The molecule has 3 saturated carbocycles. The molecular formula is C25H33N3O5S. The van der Waals surface area contributed by atoms with Crippen molar-refractivity contribution in [3.8, 4) is 0 Å². The Labute approximate surface area is 200 Å². The quantitative estimate of drug-likeness (QED) is 0.558. The van der Waals surface area contributed by atoms with Crippen molar-refractivity contribution in [3.63, 3.8) is 0 Å². The molecule has 34 heavy (non-hydrogen) atoms. The smallest absolute Gasteiger partial charge is 0.296 e. The van der Waals surface area contributed by atoms with Crippen molar-refractivity contribution < 1.29 is 22.6 Å². The zero-order chi connectivity index (χ0) is 24.3. The lowest BCUT2D eigenvalue weighted by Gasteiger charge is -2.59. The Morgan fingerprint density at radius 2 is 1.97 bits per heavy atom. The minimum Gasteiger partial charge on any atom is -0.349 e.